The predicted molar refractivity (Wildman–Crippen MR) is 95.6 cm³/mol. The lowest BCUT2D eigenvalue weighted by atomic mass is 9.99. The fraction of sp³-hybridized carbons (Fsp3) is 0.111. The number of hydrogen-bond donors (Lipinski definition) is 1. The smallest absolute Gasteiger partial charge is 0.366 e. The van der Waals surface area contributed by atoms with Crippen molar-refractivity contribution in [3.63, 3.8) is 0 Å². The molecule has 1 amide bonds. The second kappa shape index (κ2) is 6.79. The molecule has 28 heavy (non-hydrogen) atoms. The van der Waals surface area contributed by atoms with Gasteiger partial charge in [0.15, 0.2) is 15.5 Å². The summed E-state index contributed by atoms with van der Waals surface area (Å²) in [6, 6.07) is 10.5. The fourth-order valence-corrected chi connectivity index (χ4v) is 3.41. The van der Waals surface area contributed by atoms with Crippen LogP contribution in [-0.2, 0) is 16.0 Å². The molecular formula is C18H14F3N3O3S. The highest BCUT2D eigenvalue weighted by Gasteiger charge is 2.39. The maximum absolute atomic E-state index is 13.8. The van der Waals surface area contributed by atoms with Crippen molar-refractivity contribution >= 4 is 15.7 Å². The van der Waals surface area contributed by atoms with Gasteiger partial charge < -0.3 is 5.73 Å². The van der Waals surface area contributed by atoms with E-state index in [1.54, 1.807) is 0 Å². The number of halogens is 3. The van der Waals surface area contributed by atoms with E-state index in [-0.39, 0.29) is 27.3 Å². The van der Waals surface area contributed by atoms with Gasteiger partial charge in [0, 0.05) is 17.4 Å². The molecule has 0 atom stereocenters. The Kier molecular flexibility index (Phi) is 4.76. The van der Waals surface area contributed by atoms with Crippen LogP contribution >= 0.6 is 0 Å². The lowest BCUT2D eigenvalue weighted by Crippen LogP contribution is -2.16. The first kappa shape index (κ1) is 19.6. The number of carbonyl (C=O) groups excluding carboxylic acids is 1. The molecule has 1 aromatic heterocycles. The van der Waals surface area contributed by atoms with E-state index in [2.05, 4.69) is 5.10 Å². The van der Waals surface area contributed by atoms with Crippen LogP contribution in [0.4, 0.5) is 13.2 Å². The number of carbonyl (C=O) groups is 1. The van der Waals surface area contributed by atoms with Crippen molar-refractivity contribution in [3.8, 4) is 16.8 Å². The molecule has 10 heteroatoms. The van der Waals surface area contributed by atoms with E-state index in [9.17, 15) is 26.4 Å². The molecule has 2 aromatic carbocycles. The van der Waals surface area contributed by atoms with Gasteiger partial charge in [-0.15, -0.1) is 0 Å². The van der Waals surface area contributed by atoms with Crippen LogP contribution in [0.25, 0.3) is 16.8 Å². The second-order valence-corrected chi connectivity index (χ2v) is 8.01. The van der Waals surface area contributed by atoms with E-state index < -0.39 is 27.6 Å². The summed E-state index contributed by atoms with van der Waals surface area (Å²) in [6.07, 6.45) is -2.81. The molecular weight excluding hydrogens is 395 g/mol. The number of benzene rings is 2. The van der Waals surface area contributed by atoms with Gasteiger partial charge in [-0.25, -0.2) is 13.1 Å². The van der Waals surface area contributed by atoms with Crippen molar-refractivity contribution in [2.75, 3.05) is 6.26 Å². The van der Waals surface area contributed by atoms with E-state index in [1.165, 1.54) is 48.5 Å². The minimum atomic E-state index is -4.80. The molecule has 3 rings (SSSR count). The average Bonchev–Trinajstić information content (AvgIpc) is 3.06. The van der Waals surface area contributed by atoms with Crippen LogP contribution in [0, 0.1) is 0 Å². The number of nitrogens with zero attached hydrogens (tertiary/aromatic N) is 2. The highest BCUT2D eigenvalue weighted by molar-refractivity contribution is 7.90. The van der Waals surface area contributed by atoms with Crippen LogP contribution in [0.5, 0.6) is 0 Å². The number of alkyl halides is 3. The number of sulfone groups is 1. The summed E-state index contributed by atoms with van der Waals surface area (Å²) in [7, 11) is -3.50. The molecule has 2 N–H and O–H groups in total. The van der Waals surface area contributed by atoms with E-state index >= 15 is 0 Å². The Morgan fingerprint density at radius 1 is 1.04 bits per heavy atom. The molecule has 0 fully saturated rings. The maximum Gasteiger partial charge on any atom is 0.434 e. The van der Waals surface area contributed by atoms with Gasteiger partial charge in [0.25, 0.3) is 0 Å². The van der Waals surface area contributed by atoms with Crippen LogP contribution in [-0.4, -0.2) is 30.4 Å². The molecule has 0 aliphatic carbocycles. The summed E-state index contributed by atoms with van der Waals surface area (Å²) in [5.41, 5.74) is 3.82. The summed E-state index contributed by atoms with van der Waals surface area (Å²) in [5, 5.41) is 3.82. The molecule has 0 aliphatic heterocycles. The molecule has 1 heterocycles. The number of rotatable bonds is 4. The SMILES string of the molecule is CS(=O)(=O)c1ccc(-n2ncc(-c3ccccc3C(N)=O)c2C(F)(F)F)cc1. The topological polar surface area (TPSA) is 95.1 Å². The standard InChI is InChI=1S/C18H14F3N3O3S/c1-28(26,27)12-8-6-11(7-9-12)24-16(18(19,20)21)15(10-23-24)13-4-2-3-5-14(13)17(22)25/h2-10H,1H3,(H2,22,25). The average molecular weight is 409 g/mol. The molecule has 0 spiro atoms. The molecule has 0 unspecified atom stereocenters. The normalized spacial score (nSPS) is 12.1. The van der Waals surface area contributed by atoms with Crippen LogP contribution in [0.2, 0.25) is 0 Å². The van der Waals surface area contributed by atoms with Gasteiger partial charge in [-0.3, -0.25) is 4.79 Å². The zero-order valence-electron chi connectivity index (χ0n) is 14.4. The van der Waals surface area contributed by atoms with Crippen molar-refractivity contribution in [3.05, 3.63) is 66.0 Å². The van der Waals surface area contributed by atoms with E-state index in [0.717, 1.165) is 12.5 Å². The van der Waals surface area contributed by atoms with E-state index in [0.29, 0.717) is 4.68 Å². The molecule has 0 radical (unpaired) electrons. The molecule has 0 saturated heterocycles. The molecule has 6 nitrogen and oxygen atoms in total. The summed E-state index contributed by atoms with van der Waals surface area (Å²) >= 11 is 0. The highest BCUT2D eigenvalue weighted by Crippen LogP contribution is 2.39. The molecule has 3 aromatic rings. The number of primary amides is 1. The van der Waals surface area contributed by atoms with Crippen molar-refractivity contribution in [2.45, 2.75) is 11.1 Å². The van der Waals surface area contributed by atoms with Gasteiger partial charge >= 0.3 is 6.18 Å². The highest BCUT2D eigenvalue weighted by atomic mass is 32.2. The first-order chi connectivity index (χ1) is 13.0. The zero-order valence-corrected chi connectivity index (χ0v) is 15.3. The first-order valence-electron chi connectivity index (χ1n) is 7.85. The van der Waals surface area contributed by atoms with Crippen LogP contribution < -0.4 is 5.73 Å². The number of amides is 1. The minimum absolute atomic E-state index is 0.00123. The predicted octanol–water partition coefficient (Wildman–Crippen LogP) is 3.06. The van der Waals surface area contributed by atoms with E-state index in [1.807, 2.05) is 0 Å². The van der Waals surface area contributed by atoms with Gasteiger partial charge in [0.2, 0.25) is 5.91 Å². The monoisotopic (exact) mass is 409 g/mol. The van der Waals surface area contributed by atoms with Gasteiger partial charge in [-0.05, 0) is 35.9 Å². The van der Waals surface area contributed by atoms with Crippen molar-refractivity contribution in [1.82, 2.24) is 9.78 Å². The van der Waals surface area contributed by atoms with Gasteiger partial charge in [-0.2, -0.15) is 18.3 Å². The van der Waals surface area contributed by atoms with Gasteiger partial charge in [0.05, 0.1) is 16.8 Å². The third-order valence-corrected chi connectivity index (χ3v) is 5.16. The lowest BCUT2D eigenvalue weighted by Gasteiger charge is -2.14. The van der Waals surface area contributed by atoms with Crippen molar-refractivity contribution in [2.24, 2.45) is 5.73 Å². The Balaban J connectivity index is 2.23. The van der Waals surface area contributed by atoms with Gasteiger partial charge in [0.1, 0.15) is 0 Å². The van der Waals surface area contributed by atoms with Crippen LogP contribution in [0.15, 0.2) is 59.6 Å². The maximum atomic E-state index is 13.8. The Morgan fingerprint density at radius 3 is 2.18 bits per heavy atom. The van der Waals surface area contributed by atoms with Crippen molar-refractivity contribution < 1.29 is 26.4 Å². The molecule has 0 saturated carbocycles. The molecule has 0 aliphatic rings. The molecule has 146 valence electrons. The zero-order chi connectivity index (χ0) is 20.7. The molecule has 0 bridgehead atoms. The summed E-state index contributed by atoms with van der Waals surface area (Å²) in [5.74, 6) is -0.867. The summed E-state index contributed by atoms with van der Waals surface area (Å²) in [6.45, 7) is 0. The van der Waals surface area contributed by atoms with E-state index in [4.69, 9.17) is 5.73 Å². The third-order valence-electron chi connectivity index (χ3n) is 4.03. The quantitative estimate of drug-likeness (QED) is 0.717. The number of nitrogens with two attached hydrogens (primary N) is 1. The first-order valence-corrected chi connectivity index (χ1v) is 9.74. The van der Waals surface area contributed by atoms with Gasteiger partial charge in [-0.1, -0.05) is 18.2 Å². The lowest BCUT2D eigenvalue weighted by molar-refractivity contribution is -0.142. The van der Waals surface area contributed by atoms with Crippen molar-refractivity contribution in [1.29, 1.82) is 0 Å². The Morgan fingerprint density at radius 2 is 1.64 bits per heavy atom. The number of aromatic nitrogens is 2. The second-order valence-electron chi connectivity index (χ2n) is 5.99. The largest absolute Gasteiger partial charge is 0.434 e. The minimum Gasteiger partial charge on any atom is -0.366 e. The summed E-state index contributed by atoms with van der Waals surface area (Å²) < 4.78 is 65.3. The third kappa shape index (κ3) is 3.63. The Bertz CT molecular complexity index is 1150. The fourth-order valence-electron chi connectivity index (χ4n) is 2.78. The van der Waals surface area contributed by atoms with Crippen LogP contribution in [0.1, 0.15) is 16.1 Å². The van der Waals surface area contributed by atoms with Crippen LogP contribution in [0.3, 0.4) is 0 Å². The summed E-state index contributed by atoms with van der Waals surface area (Å²) in [4.78, 5) is 11.6. The number of hydrogen-bond acceptors (Lipinski definition) is 4. The Hall–Kier alpha value is -3.14. The Labute approximate surface area is 158 Å².